The van der Waals surface area contributed by atoms with Crippen LogP contribution in [0, 0.1) is 0 Å². The third kappa shape index (κ3) is 7.09. The van der Waals surface area contributed by atoms with E-state index in [-0.39, 0.29) is 36.1 Å². The number of benzene rings is 2. The zero-order valence-corrected chi connectivity index (χ0v) is 20.4. The highest BCUT2D eigenvalue weighted by atomic mass is 19.4. The average Bonchev–Trinajstić information content (AvgIpc) is 3.35. The fourth-order valence-corrected chi connectivity index (χ4v) is 5.14. The van der Waals surface area contributed by atoms with Gasteiger partial charge in [-0.25, -0.2) is 0 Å². The van der Waals surface area contributed by atoms with Gasteiger partial charge in [-0.3, -0.25) is 19.3 Å². The third-order valence-electron chi connectivity index (χ3n) is 7.00. The number of nitrogens with one attached hydrogen (secondary N) is 3. The van der Waals surface area contributed by atoms with Crippen LogP contribution in [0.3, 0.4) is 0 Å². The topological polar surface area (TPSA) is 90.5 Å². The van der Waals surface area contributed by atoms with Crippen LogP contribution < -0.4 is 16.0 Å². The zero-order valence-electron chi connectivity index (χ0n) is 20.4. The predicted molar refractivity (Wildman–Crippen MR) is 132 cm³/mol. The van der Waals surface area contributed by atoms with Crippen LogP contribution in [-0.4, -0.2) is 60.4 Å². The Morgan fingerprint density at radius 2 is 1.59 bits per heavy atom. The summed E-state index contributed by atoms with van der Waals surface area (Å²) in [5, 5.41) is 8.49. The summed E-state index contributed by atoms with van der Waals surface area (Å²) < 4.78 is 38.6. The summed E-state index contributed by atoms with van der Waals surface area (Å²) in [4.78, 5) is 39.7. The lowest BCUT2D eigenvalue weighted by molar-refractivity contribution is -0.137. The summed E-state index contributed by atoms with van der Waals surface area (Å²) in [5.41, 5.74) is -0.447. The normalized spacial score (nSPS) is 22.3. The highest BCUT2D eigenvalue weighted by Crippen LogP contribution is 2.29. The van der Waals surface area contributed by atoms with Crippen LogP contribution in [-0.2, 0) is 11.0 Å². The van der Waals surface area contributed by atoms with E-state index in [0.29, 0.717) is 12.1 Å². The molecule has 4 rings (SSSR count). The maximum Gasteiger partial charge on any atom is 0.416 e. The number of hydrogen-bond acceptors (Lipinski definition) is 4. The van der Waals surface area contributed by atoms with Crippen molar-refractivity contribution in [2.45, 2.75) is 56.4 Å². The minimum absolute atomic E-state index is 0.0302. The summed E-state index contributed by atoms with van der Waals surface area (Å²) >= 11 is 0. The van der Waals surface area contributed by atoms with Gasteiger partial charge < -0.3 is 16.0 Å². The summed E-state index contributed by atoms with van der Waals surface area (Å²) in [7, 11) is 0. The van der Waals surface area contributed by atoms with Crippen molar-refractivity contribution in [2.75, 3.05) is 19.6 Å². The van der Waals surface area contributed by atoms with E-state index in [0.717, 1.165) is 56.8 Å². The number of carbonyl (C=O) groups excluding carboxylic acids is 3. The summed E-state index contributed by atoms with van der Waals surface area (Å²) in [6, 6.07) is 13.3. The van der Waals surface area contributed by atoms with Gasteiger partial charge in [0, 0.05) is 42.3 Å². The van der Waals surface area contributed by atoms with Crippen molar-refractivity contribution in [2.24, 2.45) is 0 Å². The molecule has 2 aliphatic rings. The molecule has 7 nitrogen and oxygen atoms in total. The van der Waals surface area contributed by atoms with E-state index >= 15 is 0 Å². The van der Waals surface area contributed by atoms with Gasteiger partial charge in [0.25, 0.3) is 11.8 Å². The second-order valence-electron chi connectivity index (χ2n) is 9.61. The molecule has 2 fully saturated rings. The van der Waals surface area contributed by atoms with Crippen molar-refractivity contribution >= 4 is 17.7 Å². The largest absolute Gasteiger partial charge is 0.416 e. The number of halogens is 3. The molecule has 1 aliphatic heterocycles. The van der Waals surface area contributed by atoms with Crippen LogP contribution in [0.15, 0.2) is 54.6 Å². The molecular formula is C27H31F3N4O3. The second-order valence-corrected chi connectivity index (χ2v) is 9.61. The Morgan fingerprint density at radius 3 is 2.35 bits per heavy atom. The molecule has 2 aromatic carbocycles. The monoisotopic (exact) mass is 516 g/mol. The fourth-order valence-electron chi connectivity index (χ4n) is 5.14. The predicted octanol–water partition coefficient (Wildman–Crippen LogP) is 3.37. The van der Waals surface area contributed by atoms with Gasteiger partial charge in [-0.05, 0) is 49.6 Å². The molecule has 2 unspecified atom stereocenters. The molecule has 3 N–H and O–H groups in total. The lowest BCUT2D eigenvalue weighted by Gasteiger charge is -2.38. The molecule has 0 aromatic heterocycles. The van der Waals surface area contributed by atoms with Crippen LogP contribution >= 0.6 is 0 Å². The third-order valence-corrected chi connectivity index (χ3v) is 7.00. The lowest BCUT2D eigenvalue weighted by atomic mass is 9.89. The quantitative estimate of drug-likeness (QED) is 0.527. The Balaban J connectivity index is 1.26. The van der Waals surface area contributed by atoms with Gasteiger partial charge >= 0.3 is 6.18 Å². The van der Waals surface area contributed by atoms with Crippen LogP contribution in [0.5, 0.6) is 0 Å². The molecule has 0 radical (unpaired) electrons. The van der Waals surface area contributed by atoms with Crippen LogP contribution in [0.2, 0.25) is 0 Å². The second kappa shape index (κ2) is 11.8. The maximum absolute atomic E-state index is 12.9. The first-order valence-electron chi connectivity index (χ1n) is 12.6. The Labute approximate surface area is 213 Å². The van der Waals surface area contributed by atoms with Crippen molar-refractivity contribution in [3.05, 3.63) is 71.3 Å². The van der Waals surface area contributed by atoms with E-state index in [9.17, 15) is 27.6 Å². The lowest BCUT2D eigenvalue weighted by Crippen LogP contribution is -2.53. The number of amides is 3. The summed E-state index contributed by atoms with van der Waals surface area (Å²) in [6.45, 7) is 1.09. The van der Waals surface area contributed by atoms with Gasteiger partial charge in [0.2, 0.25) is 5.91 Å². The van der Waals surface area contributed by atoms with Crippen molar-refractivity contribution < 1.29 is 27.6 Å². The first kappa shape index (κ1) is 26.7. The molecule has 10 heteroatoms. The van der Waals surface area contributed by atoms with E-state index < -0.39 is 23.6 Å². The molecule has 2 aromatic rings. The molecule has 0 bridgehead atoms. The van der Waals surface area contributed by atoms with Crippen LogP contribution in [0.1, 0.15) is 58.4 Å². The van der Waals surface area contributed by atoms with Crippen molar-refractivity contribution in [1.82, 2.24) is 20.9 Å². The van der Waals surface area contributed by atoms with Gasteiger partial charge in [-0.2, -0.15) is 13.2 Å². The minimum atomic E-state index is -4.55. The molecule has 3 atom stereocenters. The SMILES string of the molecule is O=C(CNC(=O)c1cccc(C(F)(F)F)c1)N[C@@H]1CCN(C2CCCCC2NC(=O)c2ccccc2)C1. The first-order chi connectivity index (χ1) is 17.7. The first-order valence-corrected chi connectivity index (χ1v) is 12.6. The number of rotatable bonds is 7. The van der Waals surface area contributed by atoms with Crippen molar-refractivity contribution in [3.63, 3.8) is 0 Å². The van der Waals surface area contributed by atoms with E-state index in [1.54, 1.807) is 12.1 Å². The number of alkyl halides is 3. The average molecular weight is 517 g/mol. The van der Waals surface area contributed by atoms with Gasteiger partial charge in [-0.1, -0.05) is 37.1 Å². The molecule has 0 spiro atoms. The number of likely N-dealkylation sites (tertiary alicyclic amines) is 1. The van der Waals surface area contributed by atoms with Crippen molar-refractivity contribution in [1.29, 1.82) is 0 Å². The van der Waals surface area contributed by atoms with Gasteiger partial charge in [0.15, 0.2) is 0 Å². The molecule has 3 amide bonds. The van der Waals surface area contributed by atoms with Gasteiger partial charge in [-0.15, -0.1) is 0 Å². The Kier molecular flexibility index (Phi) is 8.48. The highest BCUT2D eigenvalue weighted by Gasteiger charge is 2.36. The molecule has 1 saturated carbocycles. The Morgan fingerprint density at radius 1 is 0.865 bits per heavy atom. The van der Waals surface area contributed by atoms with Crippen LogP contribution in [0.4, 0.5) is 13.2 Å². The minimum Gasteiger partial charge on any atom is -0.350 e. The Hall–Kier alpha value is -3.40. The maximum atomic E-state index is 12.9. The molecular weight excluding hydrogens is 485 g/mol. The Bertz CT molecular complexity index is 1110. The molecule has 1 saturated heterocycles. The molecule has 198 valence electrons. The number of nitrogens with zero attached hydrogens (tertiary/aromatic N) is 1. The van der Waals surface area contributed by atoms with E-state index in [1.807, 2.05) is 18.2 Å². The number of carbonyl (C=O) groups is 3. The summed E-state index contributed by atoms with van der Waals surface area (Å²) in [5.74, 6) is -1.23. The van der Waals surface area contributed by atoms with E-state index in [2.05, 4.69) is 20.9 Å². The highest BCUT2D eigenvalue weighted by molar-refractivity contribution is 5.96. The van der Waals surface area contributed by atoms with Crippen LogP contribution in [0.25, 0.3) is 0 Å². The molecule has 37 heavy (non-hydrogen) atoms. The number of hydrogen-bond donors (Lipinski definition) is 3. The van der Waals surface area contributed by atoms with Gasteiger partial charge in [0.05, 0.1) is 12.1 Å². The molecule has 1 aliphatic carbocycles. The smallest absolute Gasteiger partial charge is 0.350 e. The standard InChI is InChI=1S/C27H31F3N4O3/c28-27(29,30)20-10-6-9-19(15-20)25(36)31-16-24(35)32-21-13-14-34(17-21)23-12-5-4-11-22(23)33-26(37)18-7-2-1-3-8-18/h1-3,6-10,15,21-23H,4-5,11-14,16-17H2,(H,31,36)(H,32,35)(H,33,37)/t21-,22?,23?/m1/s1. The van der Waals surface area contributed by atoms with E-state index in [4.69, 9.17) is 0 Å². The summed E-state index contributed by atoms with van der Waals surface area (Å²) in [6.07, 6.45) is 0.186. The zero-order chi connectivity index (χ0) is 26.4. The van der Waals surface area contributed by atoms with Gasteiger partial charge in [0.1, 0.15) is 0 Å². The van der Waals surface area contributed by atoms with Crippen molar-refractivity contribution in [3.8, 4) is 0 Å². The van der Waals surface area contributed by atoms with E-state index in [1.165, 1.54) is 6.07 Å². The fraction of sp³-hybridized carbons (Fsp3) is 0.444. The molecule has 1 heterocycles.